The Labute approximate surface area is 192 Å². The lowest BCUT2D eigenvalue weighted by atomic mass is 10.2. The predicted molar refractivity (Wildman–Crippen MR) is 117 cm³/mol. The van der Waals surface area contributed by atoms with Gasteiger partial charge in [0.25, 0.3) is 6.43 Å². The molecule has 33 heavy (non-hydrogen) atoms. The maximum Gasteiger partial charge on any atom is 0.291 e. The molecule has 3 aromatic rings. The first-order chi connectivity index (χ1) is 15.7. The van der Waals surface area contributed by atoms with Crippen LogP contribution < -0.4 is 14.9 Å². The van der Waals surface area contributed by atoms with Crippen LogP contribution in [0, 0.1) is 0 Å². The average molecular weight is 502 g/mol. The van der Waals surface area contributed by atoms with E-state index in [0.717, 1.165) is 24.2 Å². The zero-order valence-corrected chi connectivity index (χ0v) is 19.3. The predicted octanol–water partition coefficient (Wildman–Crippen LogP) is 2.37. The van der Waals surface area contributed by atoms with E-state index in [1.165, 1.54) is 22.9 Å². The third-order valence-electron chi connectivity index (χ3n) is 5.88. The second-order valence-corrected chi connectivity index (χ2v) is 11.3. The van der Waals surface area contributed by atoms with Gasteiger partial charge in [-0.3, -0.25) is 4.40 Å². The van der Waals surface area contributed by atoms with Crippen molar-refractivity contribution in [3.05, 3.63) is 23.5 Å². The Morgan fingerprint density at radius 1 is 1.36 bits per heavy atom. The van der Waals surface area contributed by atoms with E-state index in [2.05, 4.69) is 25.2 Å². The zero-order valence-electron chi connectivity index (χ0n) is 17.6. The number of pyridine rings is 1. The lowest BCUT2D eigenvalue weighted by Gasteiger charge is -2.34. The molecule has 0 unspecified atom stereocenters. The molecule has 1 atom stereocenters. The second kappa shape index (κ2) is 8.18. The van der Waals surface area contributed by atoms with Crippen molar-refractivity contribution in [3.8, 4) is 10.7 Å². The van der Waals surface area contributed by atoms with Gasteiger partial charge in [0, 0.05) is 31.4 Å². The highest BCUT2D eigenvalue weighted by atomic mass is 32.2. The van der Waals surface area contributed by atoms with Crippen LogP contribution >= 0.6 is 11.3 Å². The van der Waals surface area contributed by atoms with Crippen molar-refractivity contribution in [2.75, 3.05) is 31.2 Å². The summed E-state index contributed by atoms with van der Waals surface area (Å²) < 4.78 is 70.1. The van der Waals surface area contributed by atoms with Crippen LogP contribution in [0.1, 0.15) is 31.2 Å². The van der Waals surface area contributed by atoms with E-state index in [1.807, 2.05) is 11.8 Å². The van der Waals surface area contributed by atoms with Crippen LogP contribution in [0.3, 0.4) is 0 Å². The van der Waals surface area contributed by atoms with Gasteiger partial charge in [-0.1, -0.05) is 11.3 Å². The SMILES string of the molecule is CC1(NS(=O)(=O)c2cc(N3CCN[C@@H](CF)C3)c3ncc(-c4nnc(C(F)F)s4)n3c2)CC1. The second-order valence-electron chi connectivity index (χ2n) is 8.56. The Hall–Kier alpha value is -2.29. The van der Waals surface area contributed by atoms with E-state index < -0.39 is 39.7 Å². The van der Waals surface area contributed by atoms with Gasteiger partial charge in [0.15, 0.2) is 15.7 Å². The lowest BCUT2D eigenvalue weighted by Crippen LogP contribution is -2.52. The summed E-state index contributed by atoms with van der Waals surface area (Å²) in [5.74, 6) is 0. The van der Waals surface area contributed by atoms with Gasteiger partial charge in [0.05, 0.1) is 17.9 Å². The van der Waals surface area contributed by atoms with Crippen LogP contribution in [0.25, 0.3) is 16.3 Å². The third-order valence-corrected chi connectivity index (χ3v) is 8.44. The molecule has 0 amide bonds. The number of nitrogens with zero attached hydrogens (tertiary/aromatic N) is 5. The first kappa shape index (κ1) is 22.5. The summed E-state index contributed by atoms with van der Waals surface area (Å²) in [5.41, 5.74) is 0.812. The number of alkyl halides is 3. The summed E-state index contributed by atoms with van der Waals surface area (Å²) in [6.07, 6.45) is 1.59. The number of sulfonamides is 1. The minimum Gasteiger partial charge on any atom is -0.366 e. The topological polar surface area (TPSA) is 105 Å². The summed E-state index contributed by atoms with van der Waals surface area (Å²) in [5, 5.41) is 10.2. The van der Waals surface area contributed by atoms with Crippen molar-refractivity contribution in [2.45, 2.75) is 42.7 Å². The standard InChI is InChI=1S/C19H22F3N7O2S2/c1-19(2-3-19)27-33(30,31)12-6-13(28-5-4-23-11(7-20)9-28)16-24-8-14(29(16)10-12)17-25-26-18(32-17)15(21)22/h6,8,10-11,15,23,27H,2-5,7,9H2,1H3/t11-/m0/s1. The number of nitrogens with one attached hydrogen (secondary N) is 2. The molecule has 1 saturated carbocycles. The smallest absolute Gasteiger partial charge is 0.291 e. The van der Waals surface area contributed by atoms with Crippen molar-refractivity contribution in [1.29, 1.82) is 0 Å². The summed E-state index contributed by atoms with van der Waals surface area (Å²) in [6, 6.07) is 1.14. The minimum absolute atomic E-state index is 0.00584. The fraction of sp³-hybridized carbons (Fsp3) is 0.526. The maximum absolute atomic E-state index is 13.3. The van der Waals surface area contributed by atoms with Crippen LogP contribution in [0.2, 0.25) is 0 Å². The maximum atomic E-state index is 13.3. The zero-order chi connectivity index (χ0) is 23.4. The fourth-order valence-electron chi connectivity index (χ4n) is 3.83. The van der Waals surface area contributed by atoms with Gasteiger partial charge in [-0.05, 0) is 25.8 Å². The van der Waals surface area contributed by atoms with Gasteiger partial charge in [-0.2, -0.15) is 0 Å². The number of rotatable bonds is 7. The molecule has 0 aromatic carbocycles. The summed E-state index contributed by atoms with van der Waals surface area (Å²) >= 11 is 0.721. The van der Waals surface area contributed by atoms with E-state index in [-0.39, 0.29) is 9.90 Å². The molecule has 1 aliphatic carbocycles. The van der Waals surface area contributed by atoms with E-state index >= 15 is 0 Å². The van der Waals surface area contributed by atoms with Gasteiger partial charge in [0.2, 0.25) is 10.0 Å². The van der Waals surface area contributed by atoms with E-state index in [1.54, 1.807) is 0 Å². The van der Waals surface area contributed by atoms with Gasteiger partial charge >= 0.3 is 0 Å². The first-order valence-corrected chi connectivity index (χ1v) is 12.7. The number of imidazole rings is 1. The number of anilines is 1. The summed E-state index contributed by atoms with van der Waals surface area (Å²) in [4.78, 5) is 6.32. The molecular weight excluding hydrogens is 479 g/mol. The van der Waals surface area contributed by atoms with Gasteiger partial charge in [-0.25, -0.2) is 31.3 Å². The molecule has 0 bridgehead atoms. The Morgan fingerprint density at radius 3 is 2.82 bits per heavy atom. The number of piperazine rings is 1. The summed E-state index contributed by atoms with van der Waals surface area (Å²) in [6.45, 7) is 2.65. The molecule has 2 aliphatic rings. The monoisotopic (exact) mass is 501 g/mol. The molecule has 1 saturated heterocycles. The van der Waals surface area contributed by atoms with Crippen LogP contribution in [0.4, 0.5) is 18.9 Å². The van der Waals surface area contributed by atoms with Crippen LogP contribution in [-0.4, -0.2) is 65.9 Å². The van der Waals surface area contributed by atoms with Crippen molar-refractivity contribution >= 4 is 32.7 Å². The van der Waals surface area contributed by atoms with Crippen molar-refractivity contribution in [1.82, 2.24) is 29.6 Å². The van der Waals surface area contributed by atoms with Gasteiger partial charge < -0.3 is 10.2 Å². The Kier molecular flexibility index (Phi) is 5.58. The Morgan fingerprint density at radius 2 is 2.15 bits per heavy atom. The molecule has 2 N–H and O–H groups in total. The number of aromatic nitrogens is 4. The molecule has 0 radical (unpaired) electrons. The van der Waals surface area contributed by atoms with Crippen molar-refractivity contribution < 1.29 is 21.6 Å². The third kappa shape index (κ3) is 4.32. The average Bonchev–Trinajstić information content (AvgIpc) is 3.19. The molecule has 9 nitrogen and oxygen atoms in total. The molecule has 1 aliphatic heterocycles. The van der Waals surface area contributed by atoms with Gasteiger partial charge in [0.1, 0.15) is 17.3 Å². The molecule has 178 valence electrons. The minimum atomic E-state index is -3.88. The highest BCUT2D eigenvalue weighted by Crippen LogP contribution is 2.37. The number of hydrogen-bond acceptors (Lipinski definition) is 8. The van der Waals surface area contributed by atoms with Crippen LogP contribution in [0.5, 0.6) is 0 Å². The van der Waals surface area contributed by atoms with E-state index in [4.69, 9.17) is 0 Å². The molecule has 0 spiro atoms. The molecule has 2 fully saturated rings. The molecule has 14 heteroatoms. The van der Waals surface area contributed by atoms with E-state index in [9.17, 15) is 21.6 Å². The Bertz CT molecular complexity index is 1290. The largest absolute Gasteiger partial charge is 0.366 e. The number of hydrogen-bond donors (Lipinski definition) is 2. The van der Waals surface area contributed by atoms with E-state index in [0.29, 0.717) is 36.7 Å². The fourth-order valence-corrected chi connectivity index (χ4v) is 6.02. The number of fused-ring (bicyclic) bond motifs is 1. The highest BCUT2D eigenvalue weighted by Gasteiger charge is 2.41. The quantitative estimate of drug-likeness (QED) is 0.512. The van der Waals surface area contributed by atoms with Crippen LogP contribution in [-0.2, 0) is 10.0 Å². The molecular formula is C19H22F3N7O2S2. The molecule has 3 aromatic heterocycles. The van der Waals surface area contributed by atoms with Crippen molar-refractivity contribution in [3.63, 3.8) is 0 Å². The van der Waals surface area contributed by atoms with Crippen LogP contribution in [0.15, 0.2) is 23.4 Å². The molecule has 5 rings (SSSR count). The van der Waals surface area contributed by atoms with Crippen molar-refractivity contribution in [2.24, 2.45) is 0 Å². The lowest BCUT2D eigenvalue weighted by molar-refractivity contribution is 0.150. The molecule has 4 heterocycles. The normalized spacial score (nSPS) is 20.6. The summed E-state index contributed by atoms with van der Waals surface area (Å²) in [7, 11) is -3.88. The van der Waals surface area contributed by atoms with Gasteiger partial charge in [-0.15, -0.1) is 10.2 Å². The first-order valence-electron chi connectivity index (χ1n) is 10.4. The Balaban J connectivity index is 1.65. The highest BCUT2D eigenvalue weighted by molar-refractivity contribution is 7.89. The number of halogens is 3.